The van der Waals surface area contributed by atoms with Crippen molar-refractivity contribution < 1.29 is 13.9 Å². The Morgan fingerprint density at radius 1 is 1.03 bits per heavy atom. The average Bonchev–Trinajstić information content (AvgIpc) is 3.47. The lowest BCUT2D eigenvalue weighted by molar-refractivity contribution is -0.116. The van der Waals surface area contributed by atoms with Gasteiger partial charge in [-0.25, -0.2) is 9.37 Å². The molecule has 0 spiro atoms. The second kappa shape index (κ2) is 8.39. The maximum Gasteiger partial charge on any atom is 0.226 e. The Labute approximate surface area is 198 Å². The monoisotopic (exact) mass is 470 g/mol. The summed E-state index contributed by atoms with van der Waals surface area (Å²) in [5.41, 5.74) is 3.11. The lowest BCUT2D eigenvalue weighted by Gasteiger charge is -2.25. The van der Waals surface area contributed by atoms with Crippen LogP contribution >= 0.6 is 11.3 Å². The summed E-state index contributed by atoms with van der Waals surface area (Å²) < 4.78 is 22.9. The van der Waals surface area contributed by atoms with Gasteiger partial charge in [-0.2, -0.15) is 9.78 Å². The van der Waals surface area contributed by atoms with Crippen molar-refractivity contribution in [1.29, 1.82) is 0 Å². The summed E-state index contributed by atoms with van der Waals surface area (Å²) >= 11 is 1.51. The predicted molar refractivity (Wildman–Crippen MR) is 129 cm³/mol. The third-order valence-electron chi connectivity index (χ3n) is 5.92. The van der Waals surface area contributed by atoms with Crippen molar-refractivity contribution in [3.05, 3.63) is 102 Å². The van der Waals surface area contributed by atoms with Crippen molar-refractivity contribution in [1.82, 2.24) is 14.8 Å². The average molecular weight is 471 g/mol. The number of para-hydroxylation sites is 2. The van der Waals surface area contributed by atoms with Gasteiger partial charge in [0.05, 0.1) is 16.4 Å². The number of thiazole rings is 1. The highest BCUT2D eigenvalue weighted by Crippen LogP contribution is 2.42. The zero-order valence-corrected chi connectivity index (χ0v) is 18.8. The van der Waals surface area contributed by atoms with Crippen LogP contribution < -0.4 is 10.1 Å². The van der Waals surface area contributed by atoms with E-state index in [4.69, 9.17) is 4.74 Å². The van der Waals surface area contributed by atoms with Gasteiger partial charge in [0.15, 0.2) is 0 Å². The van der Waals surface area contributed by atoms with Crippen molar-refractivity contribution in [3.8, 4) is 10.9 Å². The number of aromatic nitrogens is 3. The number of benzene rings is 3. The minimum Gasteiger partial charge on any atom is -0.488 e. The molecule has 1 aliphatic rings. The first-order chi connectivity index (χ1) is 16.7. The van der Waals surface area contributed by atoms with Crippen LogP contribution in [0.25, 0.3) is 15.3 Å². The third-order valence-corrected chi connectivity index (χ3v) is 6.93. The van der Waals surface area contributed by atoms with E-state index in [1.54, 1.807) is 29.1 Å². The van der Waals surface area contributed by atoms with Crippen LogP contribution in [0.15, 0.2) is 79.0 Å². The number of anilines is 1. The molecule has 1 aliphatic heterocycles. The Hall–Kier alpha value is -4.04. The molecule has 6 rings (SSSR count). The smallest absolute Gasteiger partial charge is 0.226 e. The van der Waals surface area contributed by atoms with E-state index in [0.29, 0.717) is 22.3 Å². The molecular formula is C26H19FN4O2S. The Morgan fingerprint density at radius 2 is 1.82 bits per heavy atom. The van der Waals surface area contributed by atoms with Crippen molar-refractivity contribution in [2.24, 2.45) is 0 Å². The minimum absolute atomic E-state index is 0.0976. The van der Waals surface area contributed by atoms with Gasteiger partial charge in [-0.05, 0) is 24.3 Å². The van der Waals surface area contributed by atoms with Crippen LogP contribution in [0, 0.1) is 5.82 Å². The lowest BCUT2D eigenvalue weighted by Crippen LogP contribution is -2.24. The summed E-state index contributed by atoms with van der Waals surface area (Å²) in [6.45, 7) is 0.0976. The van der Waals surface area contributed by atoms with Gasteiger partial charge in [0.2, 0.25) is 11.0 Å². The molecule has 0 bridgehead atoms. The Balaban J connectivity index is 1.37. The molecule has 6 nitrogen and oxygen atoms in total. The highest BCUT2D eigenvalue weighted by Gasteiger charge is 2.32. The van der Waals surface area contributed by atoms with E-state index >= 15 is 0 Å². The molecule has 168 valence electrons. The summed E-state index contributed by atoms with van der Waals surface area (Å²) in [5.74, 6) is 0.567. The second-order valence-corrected chi connectivity index (χ2v) is 9.06. The molecular weight excluding hydrogens is 451 g/mol. The minimum atomic E-state index is -0.309. The molecule has 1 amide bonds. The quantitative estimate of drug-likeness (QED) is 0.359. The first-order valence-electron chi connectivity index (χ1n) is 10.9. The Bertz CT molecular complexity index is 1490. The summed E-state index contributed by atoms with van der Waals surface area (Å²) in [4.78, 5) is 17.4. The predicted octanol–water partition coefficient (Wildman–Crippen LogP) is 5.67. The van der Waals surface area contributed by atoms with Crippen LogP contribution in [0.1, 0.15) is 29.0 Å². The molecule has 0 saturated heterocycles. The maximum atomic E-state index is 14.1. The maximum absolute atomic E-state index is 14.1. The van der Waals surface area contributed by atoms with E-state index in [1.807, 2.05) is 48.5 Å². The Kier molecular flexibility index (Phi) is 5.07. The van der Waals surface area contributed by atoms with Crippen LogP contribution in [-0.2, 0) is 11.4 Å². The first-order valence-corrected chi connectivity index (χ1v) is 11.7. The number of hydrogen-bond donors (Lipinski definition) is 1. The van der Waals surface area contributed by atoms with E-state index < -0.39 is 0 Å². The van der Waals surface area contributed by atoms with Crippen LogP contribution in [0.2, 0.25) is 0 Å². The van der Waals surface area contributed by atoms with E-state index in [0.717, 1.165) is 21.3 Å². The molecule has 34 heavy (non-hydrogen) atoms. The summed E-state index contributed by atoms with van der Waals surface area (Å²) in [5, 5.41) is 8.23. The van der Waals surface area contributed by atoms with Gasteiger partial charge < -0.3 is 10.1 Å². The number of rotatable bonds is 5. The fourth-order valence-electron chi connectivity index (χ4n) is 4.26. The van der Waals surface area contributed by atoms with Crippen molar-refractivity contribution in [3.63, 3.8) is 0 Å². The highest BCUT2D eigenvalue weighted by atomic mass is 32.1. The van der Waals surface area contributed by atoms with Gasteiger partial charge in [-0.3, -0.25) is 4.79 Å². The van der Waals surface area contributed by atoms with Crippen molar-refractivity contribution in [2.45, 2.75) is 18.9 Å². The second-order valence-electron chi connectivity index (χ2n) is 8.05. The fourth-order valence-corrected chi connectivity index (χ4v) is 5.19. The molecule has 0 fully saturated rings. The van der Waals surface area contributed by atoms with Crippen molar-refractivity contribution >= 4 is 33.3 Å². The molecule has 8 heteroatoms. The number of nitrogens with one attached hydrogen (secondary N) is 1. The molecule has 0 unspecified atom stereocenters. The normalized spacial score (nSPS) is 15.2. The Morgan fingerprint density at radius 3 is 2.71 bits per heavy atom. The number of carbonyl (C=O) groups is 1. The van der Waals surface area contributed by atoms with Crippen LogP contribution in [0.3, 0.4) is 0 Å². The number of carbonyl (C=O) groups excluding carboxylic acids is 1. The van der Waals surface area contributed by atoms with Gasteiger partial charge in [0.1, 0.15) is 24.0 Å². The number of hydrogen-bond acceptors (Lipinski definition) is 5. The summed E-state index contributed by atoms with van der Waals surface area (Å²) in [7, 11) is 0. The van der Waals surface area contributed by atoms with Gasteiger partial charge in [0, 0.05) is 29.0 Å². The van der Waals surface area contributed by atoms with E-state index in [1.165, 1.54) is 17.4 Å². The van der Waals surface area contributed by atoms with Crippen LogP contribution in [0.4, 0.5) is 10.2 Å². The molecule has 0 radical (unpaired) electrons. The van der Waals surface area contributed by atoms with E-state index in [-0.39, 0.29) is 30.7 Å². The number of fused-ring (bicyclic) bond motifs is 2. The molecule has 2 aromatic heterocycles. The molecule has 0 saturated carbocycles. The molecule has 1 atom stereocenters. The number of nitrogens with zero attached hydrogens (tertiary/aromatic N) is 3. The third kappa shape index (κ3) is 3.62. The molecule has 0 aliphatic carbocycles. The molecule has 5 aromatic rings. The molecule has 1 N–H and O–H groups in total. The van der Waals surface area contributed by atoms with Gasteiger partial charge in [0.25, 0.3) is 0 Å². The fraction of sp³-hybridized carbons (Fsp3) is 0.115. The zero-order valence-electron chi connectivity index (χ0n) is 17.9. The lowest BCUT2D eigenvalue weighted by atomic mass is 9.87. The summed E-state index contributed by atoms with van der Waals surface area (Å²) in [6, 6.07) is 22.0. The van der Waals surface area contributed by atoms with Crippen LogP contribution in [0.5, 0.6) is 5.75 Å². The van der Waals surface area contributed by atoms with Crippen LogP contribution in [-0.4, -0.2) is 20.7 Å². The topological polar surface area (TPSA) is 69.0 Å². The SMILES string of the molecule is O=C1C[C@H](c2ccccc2OCc2ccccc2F)c2cnn(-c3nc4ccccc4s3)c2N1. The zero-order chi connectivity index (χ0) is 23.1. The standard InChI is InChI=1S/C26H19FN4O2S/c27-20-9-3-1-7-16(20)15-33-22-11-5-2-8-17(22)18-13-24(32)30-25-19(18)14-28-31(25)26-29-21-10-4-6-12-23(21)34-26/h1-12,14,18H,13,15H2,(H,30,32)/t18-/m1/s1. The number of halogens is 1. The number of ether oxygens (including phenoxy) is 1. The van der Waals surface area contributed by atoms with Gasteiger partial charge >= 0.3 is 0 Å². The largest absolute Gasteiger partial charge is 0.488 e. The highest BCUT2D eigenvalue weighted by molar-refractivity contribution is 7.20. The molecule has 3 heterocycles. The van der Waals surface area contributed by atoms with Crippen molar-refractivity contribution in [2.75, 3.05) is 5.32 Å². The first kappa shape index (κ1) is 20.6. The van der Waals surface area contributed by atoms with E-state index in [9.17, 15) is 9.18 Å². The number of amides is 1. The summed E-state index contributed by atoms with van der Waals surface area (Å²) in [6.07, 6.45) is 2.04. The molecule has 3 aromatic carbocycles. The van der Waals surface area contributed by atoms with E-state index in [2.05, 4.69) is 15.4 Å². The van der Waals surface area contributed by atoms with Gasteiger partial charge in [-0.1, -0.05) is 59.9 Å². The van der Waals surface area contributed by atoms with Gasteiger partial charge in [-0.15, -0.1) is 0 Å².